The van der Waals surface area contributed by atoms with Gasteiger partial charge in [0.25, 0.3) is 0 Å². The Kier molecular flexibility index (Phi) is 4.25. The molecule has 0 radical (unpaired) electrons. The minimum atomic E-state index is -2.40. The van der Waals surface area contributed by atoms with Gasteiger partial charge >= 0.3 is 0 Å². The molecular formula is C16H17N2O4S2-. The van der Waals surface area contributed by atoms with Crippen LogP contribution >= 0.6 is 11.3 Å². The van der Waals surface area contributed by atoms with Gasteiger partial charge in [0, 0.05) is 11.8 Å². The third-order valence-corrected chi connectivity index (χ3v) is 5.69. The fraction of sp³-hybridized carbons (Fsp3) is 0.312. The van der Waals surface area contributed by atoms with Gasteiger partial charge in [-0.05, 0) is 50.1 Å². The number of methoxy groups -OCH3 is 1. The molecule has 128 valence electrons. The van der Waals surface area contributed by atoms with Crippen molar-refractivity contribution >= 4 is 27.4 Å². The van der Waals surface area contributed by atoms with E-state index in [1.165, 1.54) is 18.4 Å². The molecule has 2 aromatic heterocycles. The maximum absolute atomic E-state index is 11.5. The lowest BCUT2D eigenvalue weighted by Crippen LogP contribution is -2.13. The number of hydrogen-bond acceptors (Lipinski definition) is 6. The fourth-order valence-corrected chi connectivity index (χ4v) is 4.11. The molecule has 1 atom stereocenters. The predicted molar refractivity (Wildman–Crippen MR) is 92.2 cm³/mol. The van der Waals surface area contributed by atoms with E-state index in [1.807, 2.05) is 17.5 Å². The maximum atomic E-state index is 11.5. The summed E-state index contributed by atoms with van der Waals surface area (Å²) in [4.78, 5) is 6.16. The molecule has 0 fully saturated rings. The number of aromatic nitrogens is 2. The van der Waals surface area contributed by atoms with Crippen LogP contribution in [-0.4, -0.2) is 30.4 Å². The van der Waals surface area contributed by atoms with Crippen LogP contribution in [0.25, 0.3) is 16.2 Å². The first-order chi connectivity index (χ1) is 11.2. The Morgan fingerprint density at radius 2 is 2.12 bits per heavy atom. The van der Waals surface area contributed by atoms with E-state index < -0.39 is 16.7 Å². The molecular weight excluding hydrogens is 348 g/mol. The summed E-state index contributed by atoms with van der Waals surface area (Å²) in [6.07, 6.45) is 1.84. The number of thiazole rings is 1. The second-order valence-corrected chi connectivity index (χ2v) is 7.87. The summed E-state index contributed by atoms with van der Waals surface area (Å²) in [6, 6.07) is 5.00. The van der Waals surface area contributed by atoms with Gasteiger partial charge in [-0.2, -0.15) is 0 Å². The molecule has 2 heterocycles. The number of imidazole rings is 1. The van der Waals surface area contributed by atoms with Crippen LogP contribution < -0.4 is 4.74 Å². The zero-order valence-electron chi connectivity index (χ0n) is 13.7. The van der Waals surface area contributed by atoms with Gasteiger partial charge in [-0.15, -0.1) is 0 Å². The molecule has 1 unspecified atom stereocenters. The van der Waals surface area contributed by atoms with Crippen LogP contribution in [0.5, 0.6) is 5.75 Å². The Balaban J connectivity index is 2.22. The molecule has 0 amide bonds. The molecule has 0 bridgehead atoms. The SMILES string of the molecule is COc1ccc(-c2c(C)nc3sc(C(C)(C)O)cn23)cc1S(=O)[O-]. The Morgan fingerprint density at radius 1 is 1.42 bits per heavy atom. The second-order valence-electron chi connectivity index (χ2n) is 5.95. The topological polar surface area (TPSA) is 86.9 Å². The lowest BCUT2D eigenvalue weighted by atomic mass is 10.1. The van der Waals surface area contributed by atoms with E-state index >= 15 is 0 Å². The van der Waals surface area contributed by atoms with Gasteiger partial charge in [-0.25, -0.2) is 4.98 Å². The number of aliphatic hydroxyl groups is 1. The highest BCUT2D eigenvalue weighted by atomic mass is 32.2. The average Bonchev–Trinajstić information content (AvgIpc) is 3.02. The molecule has 3 aromatic rings. The number of ether oxygens (including phenoxy) is 1. The van der Waals surface area contributed by atoms with Crippen LogP contribution in [0.1, 0.15) is 24.4 Å². The number of benzene rings is 1. The minimum absolute atomic E-state index is 0.0993. The van der Waals surface area contributed by atoms with Crippen LogP contribution in [0.2, 0.25) is 0 Å². The van der Waals surface area contributed by atoms with E-state index in [2.05, 4.69) is 4.98 Å². The van der Waals surface area contributed by atoms with Crippen molar-refractivity contribution in [3.63, 3.8) is 0 Å². The van der Waals surface area contributed by atoms with Gasteiger partial charge in [-0.1, -0.05) is 11.3 Å². The van der Waals surface area contributed by atoms with Crippen LogP contribution in [0.4, 0.5) is 0 Å². The average molecular weight is 365 g/mol. The van der Waals surface area contributed by atoms with E-state index in [9.17, 15) is 13.9 Å². The van der Waals surface area contributed by atoms with Gasteiger partial charge in [0.05, 0.1) is 33.9 Å². The summed E-state index contributed by atoms with van der Waals surface area (Å²) in [5, 5.41) is 10.2. The normalized spacial score (nSPS) is 13.4. The van der Waals surface area contributed by atoms with Crippen LogP contribution in [-0.2, 0) is 16.7 Å². The number of rotatable bonds is 4. The molecule has 8 heteroatoms. The summed E-state index contributed by atoms with van der Waals surface area (Å²) >= 11 is -0.996. The third kappa shape index (κ3) is 2.86. The predicted octanol–water partition coefficient (Wildman–Crippen LogP) is 2.85. The number of hydrogen-bond donors (Lipinski definition) is 1. The molecule has 0 spiro atoms. The van der Waals surface area contributed by atoms with Gasteiger partial charge in [0.2, 0.25) is 0 Å². The Bertz CT molecular complexity index is 938. The third-order valence-electron chi connectivity index (χ3n) is 3.72. The van der Waals surface area contributed by atoms with Crippen molar-refractivity contribution in [1.82, 2.24) is 9.38 Å². The second kappa shape index (κ2) is 5.96. The molecule has 3 rings (SSSR count). The smallest absolute Gasteiger partial charge is 0.194 e. The van der Waals surface area contributed by atoms with Gasteiger partial charge in [0.15, 0.2) is 4.96 Å². The lowest BCUT2D eigenvalue weighted by Gasteiger charge is -2.14. The van der Waals surface area contributed by atoms with Crippen molar-refractivity contribution < 1.29 is 18.6 Å². The molecule has 0 aliphatic carbocycles. The monoisotopic (exact) mass is 365 g/mol. The van der Waals surface area contributed by atoms with E-state index in [0.29, 0.717) is 5.75 Å². The standard InChI is InChI=1S/C16H18N2O4S2/c1-9-14(10-5-6-11(22-4)12(7-10)24(20)21)18-8-13(16(2,3)19)23-15(18)17-9/h5-8,19H,1-4H3,(H,20,21)/p-1. The van der Waals surface area contributed by atoms with Crippen molar-refractivity contribution in [2.24, 2.45) is 0 Å². The summed E-state index contributed by atoms with van der Waals surface area (Å²) in [5.41, 5.74) is 1.35. The highest BCUT2D eigenvalue weighted by Gasteiger charge is 2.22. The molecule has 0 saturated carbocycles. The minimum Gasteiger partial charge on any atom is -0.768 e. The summed E-state index contributed by atoms with van der Waals surface area (Å²) in [5.74, 6) is 0.299. The van der Waals surface area contributed by atoms with E-state index in [-0.39, 0.29) is 4.90 Å². The van der Waals surface area contributed by atoms with Gasteiger partial charge in [0.1, 0.15) is 5.75 Å². The molecule has 24 heavy (non-hydrogen) atoms. The van der Waals surface area contributed by atoms with E-state index in [0.717, 1.165) is 26.8 Å². The van der Waals surface area contributed by atoms with Crippen LogP contribution in [0, 0.1) is 6.92 Å². The summed E-state index contributed by atoms with van der Waals surface area (Å²) in [6.45, 7) is 5.31. The molecule has 1 aromatic carbocycles. The maximum Gasteiger partial charge on any atom is 0.194 e. The zero-order chi connectivity index (χ0) is 17.6. The first kappa shape index (κ1) is 17.1. The Hall–Kier alpha value is -1.74. The van der Waals surface area contributed by atoms with Crippen molar-refractivity contribution in [3.05, 3.63) is 35.0 Å². The summed E-state index contributed by atoms with van der Waals surface area (Å²) in [7, 11) is 1.43. The molecule has 0 saturated heterocycles. The van der Waals surface area contributed by atoms with Gasteiger partial charge < -0.3 is 14.4 Å². The number of fused-ring (bicyclic) bond motifs is 1. The van der Waals surface area contributed by atoms with E-state index in [1.54, 1.807) is 32.0 Å². The molecule has 0 aliphatic heterocycles. The lowest BCUT2D eigenvalue weighted by molar-refractivity contribution is 0.0822. The Labute approximate surface area is 146 Å². The van der Waals surface area contributed by atoms with Crippen molar-refractivity contribution in [3.8, 4) is 17.0 Å². The summed E-state index contributed by atoms with van der Waals surface area (Å²) < 4.78 is 29.9. The van der Waals surface area contributed by atoms with Crippen LogP contribution in [0.15, 0.2) is 29.3 Å². The fourth-order valence-electron chi connectivity index (χ4n) is 2.54. The molecule has 1 N–H and O–H groups in total. The van der Waals surface area contributed by atoms with Crippen LogP contribution in [0.3, 0.4) is 0 Å². The van der Waals surface area contributed by atoms with Crippen molar-refractivity contribution in [2.75, 3.05) is 7.11 Å². The quantitative estimate of drug-likeness (QED) is 0.719. The zero-order valence-corrected chi connectivity index (χ0v) is 15.3. The van der Waals surface area contributed by atoms with Crippen molar-refractivity contribution in [2.45, 2.75) is 31.3 Å². The van der Waals surface area contributed by atoms with Crippen molar-refractivity contribution in [1.29, 1.82) is 0 Å². The molecule has 6 nitrogen and oxygen atoms in total. The van der Waals surface area contributed by atoms with Gasteiger partial charge in [-0.3, -0.25) is 8.61 Å². The highest BCUT2D eigenvalue weighted by Crippen LogP contribution is 2.35. The largest absolute Gasteiger partial charge is 0.768 e. The molecule has 0 aliphatic rings. The first-order valence-electron chi connectivity index (χ1n) is 7.21. The van der Waals surface area contributed by atoms with E-state index in [4.69, 9.17) is 4.74 Å². The first-order valence-corrected chi connectivity index (χ1v) is 9.10. The Morgan fingerprint density at radius 3 is 2.71 bits per heavy atom. The highest BCUT2D eigenvalue weighted by molar-refractivity contribution is 7.79. The number of aryl methyl sites for hydroxylation is 1. The number of nitrogens with zero attached hydrogens (tertiary/aromatic N) is 2.